The second kappa shape index (κ2) is 111. The van der Waals surface area contributed by atoms with Crippen molar-refractivity contribution in [3.8, 4) is 0 Å². The fraction of sp³-hybridized carbons (Fsp3) is 1.00. The van der Waals surface area contributed by atoms with Crippen molar-refractivity contribution in [3.63, 3.8) is 0 Å². The van der Waals surface area contributed by atoms with Crippen LogP contribution in [0.1, 0.15) is 502 Å². The van der Waals surface area contributed by atoms with Crippen molar-refractivity contribution in [2.75, 3.05) is 162 Å². The first-order valence-corrected chi connectivity index (χ1v) is 59.6. The summed E-state index contributed by atoms with van der Waals surface area (Å²) in [6, 6.07) is 3.55. The molecule has 4 saturated carbocycles. The van der Waals surface area contributed by atoms with Crippen LogP contribution >= 0.6 is 0 Å². The summed E-state index contributed by atoms with van der Waals surface area (Å²) in [6.07, 6.45) is 41.0. The maximum atomic E-state index is 11.5. The number of quaternary nitrogens is 2. The minimum atomic E-state index is -4.07. The van der Waals surface area contributed by atoms with Crippen molar-refractivity contribution in [1.82, 2.24) is 41.7 Å². The first-order valence-electron chi connectivity index (χ1n) is 59.6. The van der Waals surface area contributed by atoms with Gasteiger partial charge in [-0.2, -0.15) is 13.2 Å². The molecule has 0 heterocycles. The van der Waals surface area contributed by atoms with Crippen LogP contribution in [0.25, 0.3) is 0 Å². The third-order valence-corrected chi connectivity index (χ3v) is 23.6. The standard InChI is InChI=1S/C11H25N.C10H24N.C10H23N.C10H22.C9H17N.C9H21N.C8H17N.C8H20N.2C8H19N.C7H14F3N.2C7H17N.C6H15N.C5H13N/c1-9(2)7-8-12(10(3)4)11(5)6;1-10(2)8-6-7-9-11(3,4)5;1-9(2)7-5-6-8-11-10(3)4;1-9(2)7-5-6-8-10(3)4;1-7(2)3-8-4-9(10,5-8)6-8;1-9(2)7-5-6-8-10(3)4;1-7(2)5-6-9-8-3-4-8;1-8(2)6-7-9(3,4)5;1-7(2)5-6-9-8(3)4;1-8(2)6-4-5-7-9-3;1-6(2)3-4-11-5-7(8,9)10;1-7(2)5-3-4-6-8;1-4-8-6-5-7(2)3;1-6(2)4-3-5-7;1-5(2)3-4-6/h9-11H,7-8H2,1-6H3;10H,6-9H2,1-5H3;9-11H,5-8H2,1-4H3;9-10H,5-8H2,1-4H3;7H,3-6,10H2,1-2H3;9H,5-8H2,1-4H3;7-9H,3-6H2,1-2H3;8H,6-7H2,1-5H3;7-9H,5-6H2,1-4H3;8-9H,4-7H2,1-3H3;6,11H,3-5H2,1-2H3;7H,3-6,8H2,1-2H3;7-8H,4-6H2,1-3H3;6H,3-5,7H2,1-2H3;5H,3-4,6H2,1-2H3/q;+1;;;;;;+1;;;;;;;. The summed E-state index contributed by atoms with van der Waals surface area (Å²) in [5.41, 5.74) is 22.8. The van der Waals surface area contributed by atoms with Crippen molar-refractivity contribution < 1.29 is 22.1 Å². The highest BCUT2D eigenvalue weighted by Crippen LogP contribution is 2.68. The van der Waals surface area contributed by atoms with E-state index >= 15 is 0 Å². The lowest BCUT2D eigenvalue weighted by Crippen LogP contribution is -2.72. The molecule has 0 aliphatic heterocycles. The van der Waals surface area contributed by atoms with Gasteiger partial charge in [0.25, 0.3) is 0 Å². The average molecular weight is 2020 g/mol. The normalized spacial score (nSPS) is 14.8. The summed E-state index contributed by atoms with van der Waals surface area (Å²) in [5, 5.41) is 19.0. The summed E-state index contributed by atoms with van der Waals surface area (Å²) in [4.78, 5) is 4.81. The molecule has 14 N–H and O–H groups in total. The molecule has 2 bridgehead atoms. The van der Waals surface area contributed by atoms with Crippen molar-refractivity contribution in [2.45, 2.75) is 544 Å². The van der Waals surface area contributed by atoms with Gasteiger partial charge >= 0.3 is 6.18 Å². The number of halogens is 3. The zero-order valence-electron chi connectivity index (χ0n) is 107. The maximum Gasteiger partial charge on any atom is 0.401 e. The summed E-state index contributed by atoms with van der Waals surface area (Å²) in [5.74, 6) is 13.3. The van der Waals surface area contributed by atoms with Gasteiger partial charge in [0.1, 0.15) is 0 Å². The van der Waals surface area contributed by atoms with Gasteiger partial charge in [-0.25, -0.2) is 0 Å². The Bertz CT molecular complexity index is 2100. The molecule has 0 aromatic carbocycles. The molecule has 4 aliphatic rings. The number of alkyl halides is 3. The first-order chi connectivity index (χ1) is 64.4. The summed E-state index contributed by atoms with van der Waals surface area (Å²) < 4.78 is 36.8. The lowest BCUT2D eigenvalue weighted by atomic mass is 9.38. The van der Waals surface area contributed by atoms with E-state index in [0.717, 1.165) is 155 Å². The van der Waals surface area contributed by atoms with E-state index in [1.54, 1.807) is 0 Å². The molecule has 864 valence electrons. The summed E-state index contributed by atoms with van der Waals surface area (Å²) in [7, 11) is 19.8. The molecule has 0 amide bonds. The highest BCUT2D eigenvalue weighted by molar-refractivity contribution is 5.21. The van der Waals surface area contributed by atoms with Gasteiger partial charge in [0.05, 0.1) is 61.9 Å². The van der Waals surface area contributed by atoms with E-state index in [0.29, 0.717) is 42.2 Å². The van der Waals surface area contributed by atoms with E-state index in [1.165, 1.54) is 258 Å². The van der Waals surface area contributed by atoms with Gasteiger partial charge in [-0.15, -0.1) is 0 Å². The summed E-state index contributed by atoms with van der Waals surface area (Å²) >= 11 is 0. The second-order valence-corrected chi connectivity index (χ2v) is 52.6. The zero-order valence-corrected chi connectivity index (χ0v) is 107. The Kier molecular flexibility index (Phi) is 130. The van der Waals surface area contributed by atoms with Crippen molar-refractivity contribution in [3.05, 3.63) is 0 Å². The van der Waals surface area contributed by atoms with Gasteiger partial charge in [0.15, 0.2) is 0 Å². The zero-order chi connectivity index (χ0) is 112. The number of hydrogen-bond acceptors (Lipinski definition) is 12. The fourth-order valence-electron chi connectivity index (χ4n) is 14.7. The van der Waals surface area contributed by atoms with E-state index < -0.39 is 12.7 Å². The average Bonchev–Trinajstić information content (AvgIpc) is 0.866. The molecule has 4 rings (SSSR count). The molecule has 17 heteroatoms. The number of rotatable bonds is 61. The number of hydrogen-bond donors (Lipinski definition) is 10. The second-order valence-electron chi connectivity index (χ2n) is 52.6. The van der Waals surface area contributed by atoms with Crippen LogP contribution in [0.2, 0.25) is 0 Å². The molecule has 0 spiro atoms. The summed E-state index contributed by atoms with van der Waals surface area (Å²) in [6.45, 7) is 106. The SMILES string of the molecule is CC(C)CC12CC(N)(C1)C2.CC(C)CCCCC(C)C.CC(C)CCCCN.CC(C)CCCCN(C)C.CC(C)CCCCNC(C)C.CC(C)CCCC[N+](C)(C)C.CC(C)CCCN.CC(C)CCN.CC(C)CCN(C(C)C)C(C)C.CC(C)CCNC(C)C.CC(C)CCNC1CC1.CC(C)CCNCC(F)(F)F.CC(C)CC[N+](C)(C)C.CCNCCC(C)C.CNCCCCC(C)C. The molecule has 4 aliphatic carbocycles. The van der Waals surface area contributed by atoms with E-state index in [1.807, 2.05) is 20.9 Å². The third kappa shape index (κ3) is 185. The molecule has 4 fully saturated rings. The molecule has 0 atom stereocenters. The molecule has 0 saturated heterocycles. The topological polar surface area (TPSA) is 183 Å². The van der Waals surface area contributed by atoms with Crippen molar-refractivity contribution in [2.24, 2.45) is 123 Å². The Hall–Kier alpha value is -0.770. The van der Waals surface area contributed by atoms with Crippen molar-refractivity contribution >= 4 is 0 Å². The van der Waals surface area contributed by atoms with E-state index in [9.17, 15) is 13.2 Å². The molecule has 0 radical (unpaired) electrons. The molecule has 140 heavy (non-hydrogen) atoms. The predicted molar refractivity (Wildman–Crippen MR) is 642 cm³/mol. The lowest BCUT2D eigenvalue weighted by molar-refractivity contribution is -0.870. The van der Waals surface area contributed by atoms with Crippen LogP contribution < -0.4 is 54.8 Å². The van der Waals surface area contributed by atoms with Crippen molar-refractivity contribution in [1.29, 1.82) is 0 Å². The number of nitrogens with one attached hydrogen (secondary N) is 6. The predicted octanol–water partition coefficient (Wildman–Crippen LogP) is 32.2. The largest absolute Gasteiger partial charge is 0.401 e. The number of nitrogens with two attached hydrogens (primary N) is 4. The van der Waals surface area contributed by atoms with E-state index in [-0.39, 0.29) is 0 Å². The van der Waals surface area contributed by atoms with Gasteiger partial charge in [-0.3, -0.25) is 4.90 Å². The van der Waals surface area contributed by atoms with Gasteiger partial charge in [-0.05, 0) is 362 Å². The van der Waals surface area contributed by atoms with Crippen LogP contribution in [0.5, 0.6) is 0 Å². The van der Waals surface area contributed by atoms with Crippen LogP contribution in [-0.4, -0.2) is 222 Å². The van der Waals surface area contributed by atoms with Gasteiger partial charge in [-0.1, -0.05) is 340 Å². The van der Waals surface area contributed by atoms with Gasteiger partial charge < -0.3 is 68.7 Å². The highest BCUT2D eigenvalue weighted by Gasteiger charge is 2.65. The Morgan fingerprint density at radius 2 is 0.629 bits per heavy atom. The van der Waals surface area contributed by atoms with Gasteiger partial charge in [0, 0.05) is 35.7 Å². The van der Waals surface area contributed by atoms with E-state index in [2.05, 4.69) is 368 Å². The first kappa shape index (κ1) is 164. The quantitative estimate of drug-likeness (QED) is 0.0206. The Morgan fingerprint density at radius 1 is 0.321 bits per heavy atom. The minimum absolute atomic E-state index is 0.314. The molecule has 0 aromatic rings. The number of unbranched alkanes of at least 4 members (excludes halogenated alkanes) is 6. The van der Waals surface area contributed by atoms with E-state index in [4.69, 9.17) is 22.9 Å². The Morgan fingerprint density at radius 3 is 0.893 bits per heavy atom. The van der Waals surface area contributed by atoms with Crippen LogP contribution in [0.4, 0.5) is 13.2 Å². The smallest absolute Gasteiger partial charge is 0.331 e. The molecule has 0 aromatic heterocycles. The van der Waals surface area contributed by atoms with Crippen LogP contribution in [-0.2, 0) is 0 Å². The highest BCUT2D eigenvalue weighted by atomic mass is 19.4. The Labute approximate surface area is 887 Å². The molecule has 0 unspecified atom stereocenters. The van der Waals surface area contributed by atoms with Crippen LogP contribution in [0, 0.1) is 100 Å². The third-order valence-electron chi connectivity index (χ3n) is 23.6. The fourth-order valence-corrected chi connectivity index (χ4v) is 14.7. The minimum Gasteiger partial charge on any atom is -0.331 e. The molecular weight excluding hydrogens is 1730 g/mol. The number of nitrogens with zero attached hydrogens (tertiary/aromatic N) is 4. The van der Waals surface area contributed by atoms with Gasteiger partial charge in [0.2, 0.25) is 0 Å². The maximum absolute atomic E-state index is 11.5. The lowest BCUT2D eigenvalue weighted by Gasteiger charge is -2.70. The van der Waals surface area contributed by atoms with Crippen LogP contribution in [0.3, 0.4) is 0 Å². The Balaban J connectivity index is -0.000000126. The van der Waals surface area contributed by atoms with Crippen LogP contribution in [0.15, 0.2) is 0 Å². The monoisotopic (exact) mass is 2010 g/mol. The molecule has 14 nitrogen and oxygen atoms in total. The molecular formula is C123H283F3N14+2.